The van der Waals surface area contributed by atoms with E-state index < -0.39 is 11.7 Å². The van der Waals surface area contributed by atoms with Crippen LogP contribution in [0.5, 0.6) is 0 Å². The molecule has 100 valence electrons. The number of nitriles is 1. The summed E-state index contributed by atoms with van der Waals surface area (Å²) in [5.41, 5.74) is 1.30. The highest BCUT2D eigenvalue weighted by Gasteiger charge is 2.11. The van der Waals surface area contributed by atoms with Crippen molar-refractivity contribution in [3.8, 4) is 6.07 Å². The van der Waals surface area contributed by atoms with Gasteiger partial charge in [0, 0.05) is 18.3 Å². The number of nitrogens with zero attached hydrogens (tertiary/aromatic N) is 1. The summed E-state index contributed by atoms with van der Waals surface area (Å²) in [4.78, 5) is 12.0. The molecule has 0 aliphatic carbocycles. The molecule has 2 rings (SSSR count). The molecule has 4 nitrogen and oxygen atoms in total. The zero-order valence-corrected chi connectivity index (χ0v) is 10.8. The summed E-state index contributed by atoms with van der Waals surface area (Å²) in [6.45, 7) is 0. The molecular formula is C15H12FN3O. The fourth-order valence-electron chi connectivity index (χ4n) is 1.72. The molecule has 2 N–H and O–H groups in total. The SMILES string of the molecule is CNc1ccc(C(=O)Nc2cccc(F)c2C#N)cc1. The van der Waals surface area contributed by atoms with E-state index in [4.69, 9.17) is 5.26 Å². The molecule has 0 aliphatic rings. The fourth-order valence-corrected chi connectivity index (χ4v) is 1.72. The van der Waals surface area contributed by atoms with Gasteiger partial charge < -0.3 is 10.6 Å². The molecule has 1 amide bonds. The Morgan fingerprint density at radius 1 is 1.20 bits per heavy atom. The first kappa shape index (κ1) is 13.6. The second-order valence-corrected chi connectivity index (χ2v) is 4.06. The van der Waals surface area contributed by atoms with Crippen LogP contribution in [0.25, 0.3) is 0 Å². The van der Waals surface area contributed by atoms with Gasteiger partial charge in [0.05, 0.1) is 5.69 Å². The third kappa shape index (κ3) is 2.75. The fraction of sp³-hybridized carbons (Fsp3) is 0.0667. The molecule has 0 saturated heterocycles. The Hall–Kier alpha value is -2.87. The quantitative estimate of drug-likeness (QED) is 0.900. The molecule has 0 unspecified atom stereocenters. The van der Waals surface area contributed by atoms with Gasteiger partial charge in [0.15, 0.2) is 0 Å². The first-order chi connectivity index (χ1) is 9.65. The van der Waals surface area contributed by atoms with Crippen LogP contribution in [0.3, 0.4) is 0 Å². The number of amides is 1. The van der Waals surface area contributed by atoms with Gasteiger partial charge in [-0.25, -0.2) is 4.39 Å². The first-order valence-electron chi connectivity index (χ1n) is 5.93. The van der Waals surface area contributed by atoms with Crippen molar-refractivity contribution in [1.29, 1.82) is 5.26 Å². The molecule has 20 heavy (non-hydrogen) atoms. The number of carbonyl (C=O) groups excluding carboxylic acids is 1. The van der Waals surface area contributed by atoms with E-state index in [0.717, 1.165) is 5.69 Å². The smallest absolute Gasteiger partial charge is 0.255 e. The molecule has 0 aromatic heterocycles. The number of benzene rings is 2. The summed E-state index contributed by atoms with van der Waals surface area (Å²) in [5.74, 6) is -1.05. The van der Waals surface area contributed by atoms with E-state index >= 15 is 0 Å². The predicted molar refractivity (Wildman–Crippen MR) is 75.1 cm³/mol. The number of carbonyl (C=O) groups is 1. The zero-order chi connectivity index (χ0) is 14.5. The van der Waals surface area contributed by atoms with Gasteiger partial charge in [-0.1, -0.05) is 6.07 Å². The van der Waals surface area contributed by atoms with E-state index in [-0.39, 0.29) is 11.3 Å². The van der Waals surface area contributed by atoms with Crippen molar-refractivity contribution in [2.24, 2.45) is 0 Å². The van der Waals surface area contributed by atoms with Gasteiger partial charge in [-0.05, 0) is 36.4 Å². The summed E-state index contributed by atoms with van der Waals surface area (Å²) >= 11 is 0. The minimum absolute atomic E-state index is 0.162. The Morgan fingerprint density at radius 2 is 1.90 bits per heavy atom. The summed E-state index contributed by atoms with van der Waals surface area (Å²) in [6, 6.07) is 12.6. The second kappa shape index (κ2) is 5.85. The number of halogens is 1. The summed E-state index contributed by atoms with van der Waals surface area (Å²) in [6.07, 6.45) is 0. The maximum absolute atomic E-state index is 13.4. The van der Waals surface area contributed by atoms with Crippen LogP contribution in [0, 0.1) is 17.1 Å². The molecule has 2 aromatic carbocycles. The van der Waals surface area contributed by atoms with Crippen molar-refractivity contribution < 1.29 is 9.18 Å². The van der Waals surface area contributed by atoms with E-state index in [1.165, 1.54) is 18.2 Å². The summed E-state index contributed by atoms with van der Waals surface area (Å²) < 4.78 is 13.4. The lowest BCUT2D eigenvalue weighted by atomic mass is 10.1. The number of anilines is 2. The second-order valence-electron chi connectivity index (χ2n) is 4.06. The highest BCUT2D eigenvalue weighted by atomic mass is 19.1. The van der Waals surface area contributed by atoms with Crippen molar-refractivity contribution in [1.82, 2.24) is 0 Å². The van der Waals surface area contributed by atoms with Crippen LogP contribution in [0.1, 0.15) is 15.9 Å². The molecule has 0 heterocycles. The van der Waals surface area contributed by atoms with Crippen LogP contribution in [0.15, 0.2) is 42.5 Å². The van der Waals surface area contributed by atoms with Gasteiger partial charge in [0.2, 0.25) is 0 Å². The Bertz CT molecular complexity index is 675. The Morgan fingerprint density at radius 3 is 2.50 bits per heavy atom. The topological polar surface area (TPSA) is 64.9 Å². The molecule has 0 atom stereocenters. The monoisotopic (exact) mass is 269 g/mol. The van der Waals surface area contributed by atoms with Crippen molar-refractivity contribution in [2.75, 3.05) is 17.7 Å². The number of hydrogen-bond donors (Lipinski definition) is 2. The van der Waals surface area contributed by atoms with Crippen LogP contribution >= 0.6 is 0 Å². The Kier molecular flexibility index (Phi) is 3.96. The van der Waals surface area contributed by atoms with Gasteiger partial charge in [0.1, 0.15) is 17.4 Å². The predicted octanol–water partition coefficient (Wildman–Crippen LogP) is 2.99. The molecule has 0 bridgehead atoms. The summed E-state index contributed by atoms with van der Waals surface area (Å²) in [7, 11) is 1.78. The number of rotatable bonds is 3. The normalized spacial score (nSPS) is 9.65. The van der Waals surface area contributed by atoms with Crippen molar-refractivity contribution >= 4 is 17.3 Å². The lowest BCUT2D eigenvalue weighted by molar-refractivity contribution is 0.102. The minimum atomic E-state index is -0.657. The van der Waals surface area contributed by atoms with Gasteiger partial charge in [-0.15, -0.1) is 0 Å². The van der Waals surface area contributed by atoms with Gasteiger partial charge in [0.25, 0.3) is 5.91 Å². The van der Waals surface area contributed by atoms with E-state index in [1.54, 1.807) is 37.4 Å². The molecule has 0 fully saturated rings. The van der Waals surface area contributed by atoms with E-state index in [0.29, 0.717) is 5.56 Å². The molecule has 0 saturated carbocycles. The van der Waals surface area contributed by atoms with Gasteiger partial charge in [-0.3, -0.25) is 4.79 Å². The lowest BCUT2D eigenvalue weighted by Crippen LogP contribution is -2.13. The number of nitrogens with one attached hydrogen (secondary N) is 2. The van der Waals surface area contributed by atoms with Crippen LogP contribution in [0.2, 0.25) is 0 Å². The molecular weight excluding hydrogens is 257 g/mol. The Labute approximate surface area is 115 Å². The highest BCUT2D eigenvalue weighted by molar-refractivity contribution is 6.05. The molecule has 5 heteroatoms. The molecule has 0 radical (unpaired) electrons. The average Bonchev–Trinajstić information content (AvgIpc) is 2.47. The largest absolute Gasteiger partial charge is 0.388 e. The zero-order valence-electron chi connectivity index (χ0n) is 10.8. The average molecular weight is 269 g/mol. The number of hydrogen-bond acceptors (Lipinski definition) is 3. The van der Waals surface area contributed by atoms with Crippen molar-refractivity contribution in [2.45, 2.75) is 0 Å². The molecule has 0 aliphatic heterocycles. The molecule has 2 aromatic rings. The Balaban J connectivity index is 2.23. The lowest BCUT2D eigenvalue weighted by Gasteiger charge is -2.08. The third-order valence-electron chi connectivity index (χ3n) is 2.81. The maximum Gasteiger partial charge on any atom is 0.255 e. The highest BCUT2D eigenvalue weighted by Crippen LogP contribution is 2.19. The third-order valence-corrected chi connectivity index (χ3v) is 2.81. The van der Waals surface area contributed by atoms with Crippen LogP contribution in [-0.4, -0.2) is 13.0 Å². The van der Waals surface area contributed by atoms with Crippen molar-refractivity contribution in [3.63, 3.8) is 0 Å². The van der Waals surface area contributed by atoms with E-state index in [2.05, 4.69) is 10.6 Å². The van der Waals surface area contributed by atoms with Crippen LogP contribution in [0.4, 0.5) is 15.8 Å². The van der Waals surface area contributed by atoms with Gasteiger partial charge >= 0.3 is 0 Å². The van der Waals surface area contributed by atoms with E-state index in [9.17, 15) is 9.18 Å². The van der Waals surface area contributed by atoms with Crippen molar-refractivity contribution in [3.05, 3.63) is 59.4 Å². The summed E-state index contributed by atoms with van der Waals surface area (Å²) in [5, 5.41) is 14.4. The maximum atomic E-state index is 13.4. The standard InChI is InChI=1S/C15H12FN3O/c1-18-11-7-5-10(6-8-11)15(20)19-14-4-2-3-13(16)12(14)9-17/h2-8,18H,1H3,(H,19,20). The van der Waals surface area contributed by atoms with E-state index in [1.807, 2.05) is 0 Å². The molecule has 0 spiro atoms. The first-order valence-corrected chi connectivity index (χ1v) is 5.93. The van der Waals surface area contributed by atoms with Crippen LogP contribution < -0.4 is 10.6 Å². The minimum Gasteiger partial charge on any atom is -0.388 e. The van der Waals surface area contributed by atoms with Gasteiger partial charge in [-0.2, -0.15) is 5.26 Å². The van der Waals surface area contributed by atoms with Crippen LogP contribution in [-0.2, 0) is 0 Å².